The highest BCUT2D eigenvalue weighted by molar-refractivity contribution is 5.92. The van der Waals surface area contributed by atoms with E-state index in [1.807, 2.05) is 13.0 Å². The fraction of sp³-hybridized carbons (Fsp3) is 0.615. The Morgan fingerprint density at radius 2 is 2.32 bits per heavy atom. The van der Waals surface area contributed by atoms with E-state index in [4.69, 9.17) is 15.0 Å². The molecule has 108 valence electrons. The van der Waals surface area contributed by atoms with Crippen LogP contribution in [0.4, 0.5) is 0 Å². The Bertz CT molecular complexity index is 417. The Morgan fingerprint density at radius 1 is 1.63 bits per heavy atom. The van der Waals surface area contributed by atoms with Crippen LogP contribution in [-0.4, -0.2) is 37.1 Å². The molecule has 6 nitrogen and oxygen atoms in total. The molecule has 19 heavy (non-hydrogen) atoms. The third kappa shape index (κ3) is 4.05. The second kappa shape index (κ2) is 7.28. The van der Waals surface area contributed by atoms with Crippen molar-refractivity contribution in [1.82, 2.24) is 10.3 Å². The number of methoxy groups -OCH3 is 1. The number of hydrogen-bond donors (Lipinski definition) is 2. The average Bonchev–Trinajstić information content (AvgIpc) is 2.76. The van der Waals surface area contributed by atoms with Crippen LogP contribution < -0.4 is 11.3 Å². The monoisotopic (exact) mass is 269 g/mol. The minimum Gasteiger partial charge on any atom is -0.454 e. The maximum Gasteiger partial charge on any atom is 0.301 e. The third-order valence-electron chi connectivity index (χ3n) is 3.10. The Kier molecular flexibility index (Phi) is 6.01. The zero-order valence-electron chi connectivity index (χ0n) is 12.0. The van der Waals surface area contributed by atoms with E-state index in [1.165, 1.54) is 0 Å². The van der Waals surface area contributed by atoms with Gasteiger partial charge in [-0.3, -0.25) is 15.1 Å². The molecule has 0 saturated carbocycles. The number of amides is 1. The fourth-order valence-corrected chi connectivity index (χ4v) is 2.04. The lowest BCUT2D eigenvalue weighted by Crippen LogP contribution is -2.35. The molecule has 1 rings (SSSR count). The van der Waals surface area contributed by atoms with E-state index in [0.717, 1.165) is 17.9 Å². The normalized spacial score (nSPS) is 12.7. The molecule has 0 fully saturated rings. The first-order chi connectivity index (χ1) is 9.03. The molecule has 1 unspecified atom stereocenters. The molecule has 0 aliphatic rings. The van der Waals surface area contributed by atoms with E-state index in [0.29, 0.717) is 13.2 Å². The molecule has 0 saturated heterocycles. The molecule has 0 radical (unpaired) electrons. The van der Waals surface area contributed by atoms with Gasteiger partial charge in [-0.1, -0.05) is 6.92 Å². The van der Waals surface area contributed by atoms with Gasteiger partial charge in [-0.15, -0.1) is 0 Å². The van der Waals surface area contributed by atoms with Crippen LogP contribution >= 0.6 is 0 Å². The fourth-order valence-electron chi connectivity index (χ4n) is 2.04. The predicted octanol–water partition coefficient (Wildman–Crippen LogP) is 1.05. The number of nitrogen functional groups attached to an aromatic ring is 1. The van der Waals surface area contributed by atoms with Crippen LogP contribution in [0.1, 0.15) is 35.7 Å². The van der Waals surface area contributed by atoms with E-state index in [9.17, 15) is 4.79 Å². The first-order valence-electron chi connectivity index (χ1n) is 6.36. The minimum atomic E-state index is -0.406. The lowest BCUT2D eigenvalue weighted by Gasteiger charge is -2.26. The van der Waals surface area contributed by atoms with E-state index in [2.05, 4.69) is 24.2 Å². The lowest BCUT2D eigenvalue weighted by molar-refractivity contribution is 0.0886. The Hall–Kier alpha value is -1.37. The molecule has 0 bridgehead atoms. The second-order valence-electron chi connectivity index (χ2n) is 4.57. The third-order valence-corrected chi connectivity index (χ3v) is 3.10. The highest BCUT2D eigenvalue weighted by Gasteiger charge is 2.18. The van der Waals surface area contributed by atoms with Crippen molar-refractivity contribution >= 4 is 5.91 Å². The molecule has 1 amide bonds. The SMILES string of the molecule is CCN(Cc1cc(C)c(C(=O)NN)o1)C(C)COC. The number of nitrogens with two attached hydrogens (primary N) is 1. The van der Waals surface area contributed by atoms with Gasteiger partial charge in [0.1, 0.15) is 5.76 Å². The number of carbonyl (C=O) groups excluding carboxylic acids is 1. The summed E-state index contributed by atoms with van der Waals surface area (Å²) in [7, 11) is 1.69. The van der Waals surface area contributed by atoms with Gasteiger partial charge in [0.15, 0.2) is 5.76 Å². The number of hydrogen-bond acceptors (Lipinski definition) is 5. The minimum absolute atomic E-state index is 0.271. The molecule has 0 spiro atoms. The summed E-state index contributed by atoms with van der Waals surface area (Å²) in [5.41, 5.74) is 2.87. The quantitative estimate of drug-likeness (QED) is 0.439. The molecule has 1 heterocycles. The largest absolute Gasteiger partial charge is 0.454 e. The van der Waals surface area contributed by atoms with Crippen molar-refractivity contribution in [2.24, 2.45) is 5.84 Å². The second-order valence-corrected chi connectivity index (χ2v) is 4.57. The van der Waals surface area contributed by atoms with Crippen LogP contribution in [0.5, 0.6) is 0 Å². The summed E-state index contributed by atoms with van der Waals surface area (Å²) in [5, 5.41) is 0. The maximum absolute atomic E-state index is 11.5. The highest BCUT2D eigenvalue weighted by Crippen LogP contribution is 2.17. The zero-order valence-corrected chi connectivity index (χ0v) is 12.0. The van der Waals surface area contributed by atoms with Crippen LogP contribution in [0.15, 0.2) is 10.5 Å². The smallest absolute Gasteiger partial charge is 0.301 e. The number of nitrogens with one attached hydrogen (secondary N) is 1. The van der Waals surface area contributed by atoms with E-state index >= 15 is 0 Å². The lowest BCUT2D eigenvalue weighted by atomic mass is 10.2. The van der Waals surface area contributed by atoms with Gasteiger partial charge in [-0.25, -0.2) is 5.84 Å². The summed E-state index contributed by atoms with van der Waals surface area (Å²) in [5.74, 6) is 5.73. The van der Waals surface area contributed by atoms with Crippen LogP contribution in [-0.2, 0) is 11.3 Å². The Labute approximate surface area is 113 Å². The van der Waals surface area contributed by atoms with Crippen molar-refractivity contribution in [2.45, 2.75) is 33.4 Å². The van der Waals surface area contributed by atoms with Gasteiger partial charge in [0.2, 0.25) is 0 Å². The summed E-state index contributed by atoms with van der Waals surface area (Å²) in [6, 6.07) is 2.15. The summed E-state index contributed by atoms with van der Waals surface area (Å²) < 4.78 is 10.7. The van der Waals surface area contributed by atoms with Crippen LogP contribution in [0.2, 0.25) is 0 Å². The molecule has 3 N–H and O–H groups in total. The number of carbonyl (C=O) groups is 1. The van der Waals surface area contributed by atoms with Crippen molar-refractivity contribution in [2.75, 3.05) is 20.3 Å². The van der Waals surface area contributed by atoms with Gasteiger partial charge >= 0.3 is 5.91 Å². The number of furan rings is 1. The summed E-state index contributed by atoms with van der Waals surface area (Å²) in [4.78, 5) is 13.7. The highest BCUT2D eigenvalue weighted by atomic mass is 16.5. The topological polar surface area (TPSA) is 80.7 Å². The standard InChI is InChI=1S/C13H23N3O3/c1-5-16(10(3)8-18-4)7-11-6-9(2)12(19-11)13(17)15-14/h6,10H,5,7-8,14H2,1-4H3,(H,15,17). The first kappa shape index (κ1) is 15.7. The van der Waals surface area contributed by atoms with E-state index in [1.54, 1.807) is 7.11 Å². The molecular weight excluding hydrogens is 246 g/mol. The van der Waals surface area contributed by atoms with Crippen molar-refractivity contribution in [3.63, 3.8) is 0 Å². The molecule has 0 aliphatic carbocycles. The Balaban J connectivity index is 2.78. The predicted molar refractivity (Wildman–Crippen MR) is 72.5 cm³/mol. The van der Waals surface area contributed by atoms with Crippen molar-refractivity contribution < 1.29 is 13.9 Å². The molecule has 1 aromatic rings. The van der Waals surface area contributed by atoms with Gasteiger partial charge in [0, 0.05) is 18.7 Å². The van der Waals surface area contributed by atoms with E-state index < -0.39 is 5.91 Å². The van der Waals surface area contributed by atoms with Crippen molar-refractivity contribution in [3.05, 3.63) is 23.2 Å². The molecule has 1 atom stereocenters. The Morgan fingerprint density at radius 3 is 2.84 bits per heavy atom. The maximum atomic E-state index is 11.5. The summed E-state index contributed by atoms with van der Waals surface area (Å²) in [6.45, 7) is 8.17. The van der Waals surface area contributed by atoms with Gasteiger partial charge in [-0.05, 0) is 26.5 Å². The number of rotatable bonds is 7. The van der Waals surface area contributed by atoms with Crippen molar-refractivity contribution in [3.8, 4) is 0 Å². The molecule has 1 aromatic heterocycles. The van der Waals surface area contributed by atoms with Gasteiger partial charge in [0.05, 0.1) is 13.2 Å². The molecular formula is C13H23N3O3. The number of hydrazine groups is 1. The van der Waals surface area contributed by atoms with Gasteiger partial charge < -0.3 is 9.15 Å². The summed E-state index contributed by atoms with van der Waals surface area (Å²) in [6.07, 6.45) is 0. The number of likely N-dealkylation sites (N-methyl/N-ethyl adjacent to an activating group) is 1. The van der Waals surface area contributed by atoms with Crippen LogP contribution in [0.3, 0.4) is 0 Å². The van der Waals surface area contributed by atoms with Gasteiger partial charge in [-0.2, -0.15) is 0 Å². The molecule has 0 aliphatic heterocycles. The van der Waals surface area contributed by atoms with Crippen LogP contribution in [0, 0.1) is 6.92 Å². The first-order valence-corrected chi connectivity index (χ1v) is 6.36. The number of ether oxygens (including phenoxy) is 1. The number of nitrogens with zero attached hydrogens (tertiary/aromatic N) is 1. The van der Waals surface area contributed by atoms with Gasteiger partial charge in [0.25, 0.3) is 0 Å². The molecule has 6 heteroatoms. The number of aryl methyl sites for hydroxylation is 1. The van der Waals surface area contributed by atoms with Crippen LogP contribution in [0.25, 0.3) is 0 Å². The van der Waals surface area contributed by atoms with Crippen molar-refractivity contribution in [1.29, 1.82) is 0 Å². The zero-order chi connectivity index (χ0) is 14.4. The van der Waals surface area contributed by atoms with E-state index in [-0.39, 0.29) is 11.8 Å². The average molecular weight is 269 g/mol. The summed E-state index contributed by atoms with van der Waals surface area (Å²) >= 11 is 0. The molecule has 0 aromatic carbocycles.